The van der Waals surface area contributed by atoms with Crippen LogP contribution in [-0.4, -0.2) is 31.2 Å². The van der Waals surface area contributed by atoms with Crippen LogP contribution in [0.25, 0.3) is 0 Å². The average molecular weight is 254 g/mol. The van der Waals surface area contributed by atoms with Gasteiger partial charge in [0.2, 0.25) is 5.91 Å². The molecule has 6 heteroatoms. The Morgan fingerprint density at radius 2 is 1.82 bits per heavy atom. The Kier molecular flexibility index (Phi) is 7.18. The standard InChI is InChI=1S/C11H21F3N2O/c1-8(2)9(3)16-10(17)7-15-6-4-5-11(12,13)14/h8-9,15H,4-7H2,1-3H3,(H,16,17). The van der Waals surface area contributed by atoms with Crippen LogP contribution in [0.3, 0.4) is 0 Å². The number of halogens is 3. The molecule has 0 fully saturated rings. The normalized spacial score (nSPS) is 13.8. The molecule has 0 aliphatic heterocycles. The fourth-order valence-corrected chi connectivity index (χ4v) is 1.09. The summed E-state index contributed by atoms with van der Waals surface area (Å²) in [5, 5.41) is 5.45. The van der Waals surface area contributed by atoms with Gasteiger partial charge in [-0.1, -0.05) is 13.8 Å². The van der Waals surface area contributed by atoms with Crippen molar-refractivity contribution in [3.63, 3.8) is 0 Å². The van der Waals surface area contributed by atoms with Crippen LogP contribution in [0.5, 0.6) is 0 Å². The summed E-state index contributed by atoms with van der Waals surface area (Å²) in [7, 11) is 0. The van der Waals surface area contributed by atoms with Crippen LogP contribution in [0.4, 0.5) is 13.2 Å². The van der Waals surface area contributed by atoms with Crippen LogP contribution < -0.4 is 10.6 Å². The Morgan fingerprint density at radius 1 is 1.24 bits per heavy atom. The quantitative estimate of drug-likeness (QED) is 0.683. The third kappa shape index (κ3) is 10.1. The Morgan fingerprint density at radius 3 is 2.29 bits per heavy atom. The van der Waals surface area contributed by atoms with Crippen molar-refractivity contribution in [1.82, 2.24) is 10.6 Å². The van der Waals surface area contributed by atoms with Gasteiger partial charge in [-0.05, 0) is 25.8 Å². The van der Waals surface area contributed by atoms with E-state index in [-0.39, 0.29) is 31.5 Å². The summed E-state index contributed by atoms with van der Waals surface area (Å²) in [4.78, 5) is 11.3. The summed E-state index contributed by atoms with van der Waals surface area (Å²) in [5.74, 6) is 0.155. The van der Waals surface area contributed by atoms with Gasteiger partial charge in [0, 0.05) is 12.5 Å². The maximum atomic E-state index is 11.8. The molecule has 102 valence electrons. The highest BCUT2D eigenvalue weighted by atomic mass is 19.4. The van der Waals surface area contributed by atoms with Crippen molar-refractivity contribution >= 4 is 5.91 Å². The Hall–Kier alpha value is -0.780. The van der Waals surface area contributed by atoms with Gasteiger partial charge < -0.3 is 10.6 Å². The fourth-order valence-electron chi connectivity index (χ4n) is 1.09. The first-order valence-electron chi connectivity index (χ1n) is 5.79. The number of nitrogens with one attached hydrogen (secondary N) is 2. The van der Waals surface area contributed by atoms with Gasteiger partial charge in [0.05, 0.1) is 6.54 Å². The van der Waals surface area contributed by atoms with Crippen molar-refractivity contribution < 1.29 is 18.0 Å². The second kappa shape index (κ2) is 7.53. The van der Waals surface area contributed by atoms with Gasteiger partial charge in [-0.15, -0.1) is 0 Å². The number of hydrogen-bond donors (Lipinski definition) is 2. The van der Waals surface area contributed by atoms with E-state index in [1.165, 1.54) is 0 Å². The van der Waals surface area contributed by atoms with Crippen LogP contribution in [0.1, 0.15) is 33.6 Å². The van der Waals surface area contributed by atoms with Gasteiger partial charge in [0.15, 0.2) is 0 Å². The minimum atomic E-state index is -4.11. The second-order valence-electron chi connectivity index (χ2n) is 4.50. The van der Waals surface area contributed by atoms with E-state index in [4.69, 9.17) is 0 Å². The third-order valence-corrected chi connectivity index (χ3v) is 2.49. The maximum absolute atomic E-state index is 11.8. The molecule has 0 heterocycles. The summed E-state index contributed by atoms with van der Waals surface area (Å²) in [6.07, 6.45) is -4.93. The van der Waals surface area contributed by atoms with Crippen molar-refractivity contribution in [1.29, 1.82) is 0 Å². The highest BCUT2D eigenvalue weighted by Crippen LogP contribution is 2.20. The van der Waals surface area contributed by atoms with Crippen molar-refractivity contribution in [3.05, 3.63) is 0 Å². The van der Waals surface area contributed by atoms with Gasteiger partial charge in [-0.25, -0.2) is 0 Å². The molecule has 0 saturated carbocycles. The van der Waals surface area contributed by atoms with Crippen LogP contribution in [0.2, 0.25) is 0 Å². The highest BCUT2D eigenvalue weighted by molar-refractivity contribution is 5.78. The number of hydrogen-bond acceptors (Lipinski definition) is 2. The molecule has 0 aromatic rings. The molecule has 0 aliphatic carbocycles. The zero-order valence-corrected chi connectivity index (χ0v) is 10.5. The van der Waals surface area contributed by atoms with E-state index in [0.29, 0.717) is 5.92 Å². The molecule has 0 aliphatic rings. The lowest BCUT2D eigenvalue weighted by Crippen LogP contribution is -2.41. The van der Waals surface area contributed by atoms with Crippen LogP contribution in [0, 0.1) is 5.92 Å². The summed E-state index contributed by atoms with van der Waals surface area (Å²) in [6.45, 7) is 6.13. The zero-order valence-electron chi connectivity index (χ0n) is 10.5. The summed E-state index contributed by atoms with van der Waals surface area (Å²) in [6, 6.07) is 0.0690. The SMILES string of the molecule is CC(C)C(C)NC(=O)CNCCCC(F)(F)F. The molecule has 0 rings (SSSR count). The minimum absolute atomic E-state index is 0.00346. The molecule has 0 spiro atoms. The number of carbonyl (C=O) groups is 1. The smallest absolute Gasteiger partial charge is 0.352 e. The van der Waals surface area contributed by atoms with Gasteiger partial charge >= 0.3 is 6.18 Å². The van der Waals surface area contributed by atoms with E-state index in [2.05, 4.69) is 10.6 Å². The molecule has 0 aromatic carbocycles. The van der Waals surface area contributed by atoms with Crippen LogP contribution >= 0.6 is 0 Å². The van der Waals surface area contributed by atoms with E-state index in [1.807, 2.05) is 20.8 Å². The zero-order chi connectivity index (χ0) is 13.5. The van der Waals surface area contributed by atoms with Gasteiger partial charge in [-0.3, -0.25) is 4.79 Å². The molecule has 1 unspecified atom stereocenters. The molecular weight excluding hydrogens is 233 g/mol. The Bertz CT molecular complexity index is 229. The summed E-state index contributed by atoms with van der Waals surface area (Å²) in [5.41, 5.74) is 0. The summed E-state index contributed by atoms with van der Waals surface area (Å²) < 4.78 is 35.4. The molecule has 0 saturated heterocycles. The first kappa shape index (κ1) is 16.2. The molecule has 0 aromatic heterocycles. The number of alkyl halides is 3. The number of carbonyl (C=O) groups excluding carboxylic acids is 1. The van der Waals surface area contributed by atoms with Gasteiger partial charge in [0.1, 0.15) is 0 Å². The average Bonchev–Trinajstić information content (AvgIpc) is 2.15. The van der Waals surface area contributed by atoms with E-state index in [0.717, 1.165) is 0 Å². The van der Waals surface area contributed by atoms with E-state index in [9.17, 15) is 18.0 Å². The maximum Gasteiger partial charge on any atom is 0.389 e. The molecule has 1 amide bonds. The van der Waals surface area contributed by atoms with E-state index < -0.39 is 12.6 Å². The van der Waals surface area contributed by atoms with Crippen LogP contribution in [-0.2, 0) is 4.79 Å². The molecule has 17 heavy (non-hydrogen) atoms. The first-order chi connectivity index (χ1) is 7.72. The predicted molar refractivity (Wildman–Crippen MR) is 60.6 cm³/mol. The van der Waals surface area contributed by atoms with Gasteiger partial charge in [-0.2, -0.15) is 13.2 Å². The lowest BCUT2D eigenvalue weighted by molar-refractivity contribution is -0.135. The van der Waals surface area contributed by atoms with E-state index >= 15 is 0 Å². The van der Waals surface area contributed by atoms with Gasteiger partial charge in [0.25, 0.3) is 0 Å². The van der Waals surface area contributed by atoms with Crippen molar-refractivity contribution in [2.75, 3.05) is 13.1 Å². The summed E-state index contributed by atoms with van der Waals surface area (Å²) >= 11 is 0. The number of amides is 1. The van der Waals surface area contributed by atoms with Crippen molar-refractivity contribution in [2.24, 2.45) is 5.92 Å². The predicted octanol–water partition coefficient (Wildman–Crippen LogP) is 2.08. The topological polar surface area (TPSA) is 41.1 Å². The minimum Gasteiger partial charge on any atom is -0.352 e. The third-order valence-electron chi connectivity index (χ3n) is 2.49. The molecule has 3 nitrogen and oxygen atoms in total. The van der Waals surface area contributed by atoms with Crippen molar-refractivity contribution in [2.45, 2.75) is 45.8 Å². The molecule has 0 bridgehead atoms. The van der Waals surface area contributed by atoms with Crippen molar-refractivity contribution in [3.8, 4) is 0 Å². The lowest BCUT2D eigenvalue weighted by atomic mass is 10.1. The van der Waals surface area contributed by atoms with Crippen LogP contribution in [0.15, 0.2) is 0 Å². The Labute approximate surface area is 100 Å². The monoisotopic (exact) mass is 254 g/mol. The largest absolute Gasteiger partial charge is 0.389 e. The molecule has 2 N–H and O–H groups in total. The second-order valence-corrected chi connectivity index (χ2v) is 4.50. The lowest BCUT2D eigenvalue weighted by Gasteiger charge is -2.17. The van der Waals surface area contributed by atoms with E-state index in [1.54, 1.807) is 0 Å². The Balaban J connectivity index is 3.52. The number of rotatable bonds is 7. The molecular formula is C11H21F3N2O. The molecule has 0 radical (unpaired) electrons. The first-order valence-corrected chi connectivity index (χ1v) is 5.79. The highest BCUT2D eigenvalue weighted by Gasteiger charge is 2.25. The molecule has 1 atom stereocenters. The fraction of sp³-hybridized carbons (Fsp3) is 0.909.